The summed E-state index contributed by atoms with van der Waals surface area (Å²) in [6.45, 7) is 1.81. The van der Waals surface area contributed by atoms with E-state index in [1.807, 2.05) is 6.07 Å². The Hall–Kier alpha value is -3.63. The van der Waals surface area contributed by atoms with E-state index in [1.165, 1.54) is 12.1 Å². The smallest absolute Gasteiger partial charge is 0.483 e. The van der Waals surface area contributed by atoms with Crippen LogP contribution in [0.2, 0.25) is 0 Å². The van der Waals surface area contributed by atoms with Gasteiger partial charge in [-0.15, -0.1) is 13.2 Å². The molecule has 2 aromatic carbocycles. The molecule has 0 spiro atoms. The van der Waals surface area contributed by atoms with Crippen molar-refractivity contribution in [2.24, 2.45) is 5.92 Å². The van der Waals surface area contributed by atoms with Crippen molar-refractivity contribution in [1.82, 2.24) is 10.6 Å². The van der Waals surface area contributed by atoms with Gasteiger partial charge >= 0.3 is 12.0 Å². The number of nitro groups is 1. The highest BCUT2D eigenvalue weighted by Gasteiger charge is 2.31. The molecule has 188 valence electrons. The van der Waals surface area contributed by atoms with Crippen molar-refractivity contribution < 1.29 is 27.6 Å². The number of aryl methyl sites for hydroxylation is 1. The predicted octanol–water partition coefficient (Wildman–Crippen LogP) is 4.71. The van der Waals surface area contributed by atoms with Gasteiger partial charge < -0.3 is 25.0 Å². The number of nitrogens with zero attached hydrogens (tertiary/aromatic N) is 2. The number of hydrogen-bond donors (Lipinski definition) is 2. The fraction of sp³-hybridized carbons (Fsp3) is 0.417. The molecule has 2 aliphatic rings. The van der Waals surface area contributed by atoms with Crippen LogP contribution in [0.15, 0.2) is 54.9 Å². The zero-order valence-corrected chi connectivity index (χ0v) is 19.0. The van der Waals surface area contributed by atoms with Gasteiger partial charge in [0.2, 0.25) is 0 Å². The number of anilines is 1. The Bertz CT molecular complexity index is 1030. The number of hydrogen-bond acceptors (Lipinski definition) is 7. The maximum atomic E-state index is 12.3. The first kappa shape index (κ1) is 24.5. The molecule has 2 aromatic rings. The average molecular weight is 492 g/mol. The third kappa shape index (κ3) is 6.93. The van der Waals surface area contributed by atoms with Gasteiger partial charge in [0.15, 0.2) is 5.75 Å². The minimum absolute atomic E-state index is 0.0615. The topological polar surface area (TPSA) is 88.9 Å². The average Bonchev–Trinajstić information content (AvgIpc) is 3.35. The summed E-state index contributed by atoms with van der Waals surface area (Å²) in [4.78, 5) is 13.3. The lowest BCUT2D eigenvalue weighted by molar-refractivity contribution is -0.385. The van der Waals surface area contributed by atoms with Crippen LogP contribution in [0.1, 0.15) is 24.8 Å². The van der Waals surface area contributed by atoms with Crippen LogP contribution in [0, 0.1) is 16.0 Å². The molecule has 8 nitrogen and oxygen atoms in total. The second kappa shape index (κ2) is 10.7. The molecule has 0 radical (unpaired) electrons. The number of ether oxygens (including phenoxy) is 2. The lowest BCUT2D eigenvalue weighted by Crippen LogP contribution is -2.36. The van der Waals surface area contributed by atoms with Crippen molar-refractivity contribution in [2.75, 3.05) is 24.6 Å². The Labute approximate surface area is 200 Å². The first-order valence-corrected chi connectivity index (χ1v) is 11.4. The van der Waals surface area contributed by atoms with E-state index in [1.54, 1.807) is 36.7 Å². The van der Waals surface area contributed by atoms with Gasteiger partial charge in [0.25, 0.3) is 0 Å². The highest BCUT2D eigenvalue weighted by atomic mass is 19.4. The molecule has 2 aliphatic heterocycles. The van der Waals surface area contributed by atoms with E-state index in [0.717, 1.165) is 50.0 Å². The van der Waals surface area contributed by atoms with E-state index in [4.69, 9.17) is 4.74 Å². The van der Waals surface area contributed by atoms with Crippen LogP contribution < -0.4 is 25.0 Å². The fourth-order valence-electron chi connectivity index (χ4n) is 4.32. The molecule has 0 amide bonds. The van der Waals surface area contributed by atoms with Crippen molar-refractivity contribution >= 4 is 11.4 Å². The number of piperidine rings is 1. The molecule has 0 bridgehead atoms. The van der Waals surface area contributed by atoms with Gasteiger partial charge in [0.1, 0.15) is 18.5 Å². The first-order valence-electron chi connectivity index (χ1n) is 11.4. The van der Waals surface area contributed by atoms with Crippen LogP contribution in [-0.4, -0.2) is 37.1 Å². The summed E-state index contributed by atoms with van der Waals surface area (Å²) in [5, 5.41) is 17.7. The monoisotopic (exact) mass is 492 g/mol. The molecule has 0 unspecified atom stereocenters. The van der Waals surface area contributed by atoms with Crippen LogP contribution in [0.5, 0.6) is 11.5 Å². The maximum Gasteiger partial charge on any atom is 0.573 e. The number of benzene rings is 2. The molecule has 0 aliphatic carbocycles. The Kier molecular flexibility index (Phi) is 7.52. The first-order chi connectivity index (χ1) is 16.8. The summed E-state index contributed by atoms with van der Waals surface area (Å²) in [5.41, 5.74) is 1.70. The lowest BCUT2D eigenvalue weighted by Gasteiger charge is -2.33. The van der Waals surface area contributed by atoms with Crippen LogP contribution in [0.3, 0.4) is 0 Å². The van der Waals surface area contributed by atoms with E-state index < -0.39 is 11.3 Å². The van der Waals surface area contributed by atoms with Gasteiger partial charge in [-0.05, 0) is 61.4 Å². The Morgan fingerprint density at radius 1 is 1.06 bits per heavy atom. The molecule has 2 heterocycles. The predicted molar refractivity (Wildman–Crippen MR) is 124 cm³/mol. The van der Waals surface area contributed by atoms with Crippen molar-refractivity contribution in [1.29, 1.82) is 0 Å². The summed E-state index contributed by atoms with van der Waals surface area (Å²) in [5.74, 6) is 0.495. The molecular weight excluding hydrogens is 465 g/mol. The van der Waals surface area contributed by atoms with E-state index in [9.17, 15) is 23.3 Å². The number of nitrogens with one attached hydrogen (secondary N) is 2. The molecule has 0 atom stereocenters. The number of rotatable bonds is 9. The van der Waals surface area contributed by atoms with Gasteiger partial charge in [0, 0.05) is 37.2 Å². The Morgan fingerprint density at radius 2 is 1.74 bits per heavy atom. The minimum Gasteiger partial charge on any atom is -0.483 e. The standard InChI is InChI=1S/C24H27F3N4O4/c25-24(26,27)35-20-6-3-17(4-7-20)1-2-18-9-13-30(14-10-18)19-5-8-22(21(15-19)31(32)33)34-16-23-28-11-12-29-23/h3-8,11-12,15,18,23,28-29H,1-2,9-10,13-14,16H2. The largest absolute Gasteiger partial charge is 0.573 e. The second-order valence-electron chi connectivity index (χ2n) is 8.60. The summed E-state index contributed by atoms with van der Waals surface area (Å²) < 4.78 is 46.4. The van der Waals surface area contributed by atoms with Crippen LogP contribution in [0.4, 0.5) is 24.5 Å². The molecule has 0 aromatic heterocycles. The Morgan fingerprint density at radius 3 is 2.37 bits per heavy atom. The SMILES string of the molecule is O=[N+]([O-])c1cc(N2CCC(CCc3ccc(OC(F)(F)F)cc3)CC2)ccc1OCC1NC=CN1. The van der Waals surface area contributed by atoms with Gasteiger partial charge in [-0.2, -0.15) is 0 Å². The van der Waals surface area contributed by atoms with Crippen LogP contribution >= 0.6 is 0 Å². The Balaban J connectivity index is 1.27. The number of alkyl halides is 3. The van der Waals surface area contributed by atoms with Gasteiger partial charge in [-0.3, -0.25) is 10.1 Å². The van der Waals surface area contributed by atoms with E-state index in [0.29, 0.717) is 5.92 Å². The molecule has 11 heteroatoms. The van der Waals surface area contributed by atoms with Crippen molar-refractivity contribution in [3.05, 3.63) is 70.5 Å². The summed E-state index contributed by atoms with van der Waals surface area (Å²) >= 11 is 0. The summed E-state index contributed by atoms with van der Waals surface area (Å²) in [6, 6.07) is 11.1. The van der Waals surface area contributed by atoms with Gasteiger partial charge in [0.05, 0.1) is 4.92 Å². The third-order valence-corrected chi connectivity index (χ3v) is 6.20. The molecule has 4 rings (SSSR count). The van der Waals surface area contributed by atoms with Crippen molar-refractivity contribution in [3.63, 3.8) is 0 Å². The normalized spacial score (nSPS) is 16.6. The molecule has 0 saturated carbocycles. The second-order valence-corrected chi connectivity index (χ2v) is 8.60. The van der Waals surface area contributed by atoms with Crippen LogP contribution in [-0.2, 0) is 6.42 Å². The third-order valence-electron chi connectivity index (χ3n) is 6.20. The minimum atomic E-state index is -4.69. The molecule has 1 saturated heterocycles. The fourth-order valence-corrected chi connectivity index (χ4v) is 4.32. The lowest BCUT2D eigenvalue weighted by atomic mass is 9.90. The molecule has 1 fully saturated rings. The summed E-state index contributed by atoms with van der Waals surface area (Å²) in [7, 11) is 0. The van der Waals surface area contributed by atoms with E-state index in [2.05, 4.69) is 20.3 Å². The van der Waals surface area contributed by atoms with E-state index in [-0.39, 0.29) is 30.0 Å². The molecule has 35 heavy (non-hydrogen) atoms. The zero-order chi connectivity index (χ0) is 24.8. The zero-order valence-electron chi connectivity index (χ0n) is 19.0. The highest BCUT2D eigenvalue weighted by Crippen LogP contribution is 2.34. The van der Waals surface area contributed by atoms with Crippen LogP contribution in [0.25, 0.3) is 0 Å². The van der Waals surface area contributed by atoms with Crippen molar-refractivity contribution in [3.8, 4) is 11.5 Å². The molecular formula is C24H27F3N4O4. The quantitative estimate of drug-likeness (QED) is 0.387. The van der Waals surface area contributed by atoms with Gasteiger partial charge in [-0.1, -0.05) is 12.1 Å². The molecule has 2 N–H and O–H groups in total. The van der Waals surface area contributed by atoms with Crippen molar-refractivity contribution in [2.45, 2.75) is 38.2 Å². The van der Waals surface area contributed by atoms with Gasteiger partial charge in [-0.25, -0.2) is 0 Å². The van der Waals surface area contributed by atoms with E-state index >= 15 is 0 Å². The number of nitro benzene ring substituents is 1. The highest BCUT2D eigenvalue weighted by molar-refractivity contribution is 5.60. The number of halogens is 3. The maximum absolute atomic E-state index is 12.3. The summed E-state index contributed by atoms with van der Waals surface area (Å²) in [6.07, 6.45) is 2.26.